The van der Waals surface area contributed by atoms with Crippen LogP contribution in [0.3, 0.4) is 0 Å². The molecule has 0 aromatic carbocycles. The first-order valence-electron chi connectivity index (χ1n) is 6.11. The Balaban J connectivity index is 0.00000289. The molecule has 1 rings (SSSR count). The molecule has 3 amide bonds. The second-order valence-electron chi connectivity index (χ2n) is 4.63. The van der Waals surface area contributed by atoms with E-state index in [0.717, 1.165) is 19.3 Å². The molecule has 0 spiro atoms. The molecular formula is C11H23ClN4O2. The van der Waals surface area contributed by atoms with Crippen molar-refractivity contribution in [3.05, 3.63) is 0 Å². The molecule has 3 atom stereocenters. The Bertz CT molecular complexity index is 288. The van der Waals surface area contributed by atoms with Crippen molar-refractivity contribution in [2.45, 2.75) is 44.7 Å². The smallest absolute Gasteiger partial charge is 0.312 e. The van der Waals surface area contributed by atoms with Gasteiger partial charge in [0.05, 0.1) is 0 Å². The molecule has 0 aliphatic heterocycles. The van der Waals surface area contributed by atoms with Crippen molar-refractivity contribution in [1.29, 1.82) is 0 Å². The largest absolute Gasteiger partial charge is 0.352 e. The van der Waals surface area contributed by atoms with Gasteiger partial charge in [-0.25, -0.2) is 4.79 Å². The zero-order valence-electron chi connectivity index (χ0n) is 10.6. The summed E-state index contributed by atoms with van der Waals surface area (Å²) in [6.45, 7) is 2.20. The molecule has 0 aromatic rings. The zero-order chi connectivity index (χ0) is 12.8. The van der Waals surface area contributed by atoms with Crippen LogP contribution in [0.25, 0.3) is 0 Å². The Morgan fingerprint density at radius 2 is 1.94 bits per heavy atom. The lowest BCUT2D eigenvalue weighted by atomic mass is 9.84. The Labute approximate surface area is 114 Å². The predicted octanol–water partition coefficient (Wildman–Crippen LogP) is 0.0987. The van der Waals surface area contributed by atoms with Gasteiger partial charge in [-0.05, 0) is 32.2 Å². The number of nitrogens with one attached hydrogen (secondary N) is 2. The van der Waals surface area contributed by atoms with Gasteiger partial charge in [0.15, 0.2) is 0 Å². The van der Waals surface area contributed by atoms with Gasteiger partial charge in [0.25, 0.3) is 0 Å². The number of rotatable bonds is 4. The van der Waals surface area contributed by atoms with Gasteiger partial charge in [-0.1, -0.05) is 12.8 Å². The average molecular weight is 279 g/mol. The third-order valence-electron chi connectivity index (χ3n) is 3.29. The van der Waals surface area contributed by atoms with Crippen molar-refractivity contribution in [3.63, 3.8) is 0 Å². The lowest BCUT2D eigenvalue weighted by Crippen LogP contribution is -2.52. The maximum Gasteiger partial charge on any atom is 0.312 e. The second kappa shape index (κ2) is 8.16. The standard InChI is InChI=1S/C11H22N4O2.ClH/c1-7(14-11(13)17)10(16)15-9-5-3-2-4-8(9)6-12;/h7-9H,2-6,12H2,1H3,(H,15,16)(H3,13,14,17);1H. The number of halogens is 1. The van der Waals surface area contributed by atoms with Gasteiger partial charge in [0.2, 0.25) is 5.91 Å². The molecule has 3 unspecified atom stereocenters. The van der Waals surface area contributed by atoms with Crippen molar-refractivity contribution >= 4 is 24.3 Å². The first-order chi connectivity index (χ1) is 8.04. The maximum absolute atomic E-state index is 11.8. The number of hydrogen-bond acceptors (Lipinski definition) is 3. The number of hydrogen-bond donors (Lipinski definition) is 4. The molecule has 7 heteroatoms. The highest BCUT2D eigenvalue weighted by atomic mass is 35.5. The minimum absolute atomic E-state index is 0. The second-order valence-corrected chi connectivity index (χ2v) is 4.63. The topological polar surface area (TPSA) is 110 Å². The van der Waals surface area contributed by atoms with Gasteiger partial charge in [0.1, 0.15) is 6.04 Å². The maximum atomic E-state index is 11.8. The molecule has 0 aromatic heterocycles. The molecule has 6 N–H and O–H groups in total. The minimum atomic E-state index is -0.688. The minimum Gasteiger partial charge on any atom is -0.352 e. The van der Waals surface area contributed by atoms with Crippen LogP contribution in [0.5, 0.6) is 0 Å². The van der Waals surface area contributed by atoms with E-state index in [2.05, 4.69) is 10.6 Å². The Morgan fingerprint density at radius 3 is 2.50 bits per heavy atom. The molecule has 106 valence electrons. The third-order valence-corrected chi connectivity index (χ3v) is 3.29. The fraction of sp³-hybridized carbons (Fsp3) is 0.818. The van der Waals surface area contributed by atoms with Crippen molar-refractivity contribution in [2.75, 3.05) is 6.54 Å². The van der Waals surface area contributed by atoms with Crippen LogP contribution in [0.4, 0.5) is 4.79 Å². The van der Waals surface area contributed by atoms with E-state index >= 15 is 0 Å². The molecule has 6 nitrogen and oxygen atoms in total. The van der Waals surface area contributed by atoms with E-state index in [1.807, 2.05) is 0 Å². The number of primary amides is 1. The van der Waals surface area contributed by atoms with Crippen LogP contribution in [0.15, 0.2) is 0 Å². The van der Waals surface area contributed by atoms with Gasteiger partial charge >= 0.3 is 6.03 Å². The van der Waals surface area contributed by atoms with E-state index in [4.69, 9.17) is 11.5 Å². The molecule has 0 bridgehead atoms. The fourth-order valence-electron chi connectivity index (χ4n) is 2.27. The summed E-state index contributed by atoms with van der Waals surface area (Å²) in [4.78, 5) is 22.4. The SMILES string of the molecule is CC(NC(N)=O)C(=O)NC1CCCCC1CN.Cl. The summed E-state index contributed by atoms with van der Waals surface area (Å²) >= 11 is 0. The number of nitrogens with two attached hydrogens (primary N) is 2. The zero-order valence-corrected chi connectivity index (χ0v) is 11.5. The molecule has 0 heterocycles. The van der Waals surface area contributed by atoms with E-state index in [0.29, 0.717) is 12.5 Å². The first-order valence-corrected chi connectivity index (χ1v) is 6.11. The van der Waals surface area contributed by atoms with Crippen LogP contribution in [0, 0.1) is 5.92 Å². The summed E-state index contributed by atoms with van der Waals surface area (Å²) in [5.41, 5.74) is 10.7. The van der Waals surface area contributed by atoms with Crippen LogP contribution in [-0.4, -0.2) is 30.6 Å². The quantitative estimate of drug-likeness (QED) is 0.585. The number of amides is 3. The summed E-state index contributed by atoms with van der Waals surface area (Å²) in [5.74, 6) is 0.141. The van der Waals surface area contributed by atoms with Crippen LogP contribution >= 0.6 is 12.4 Å². The third kappa shape index (κ3) is 5.10. The van der Waals surface area contributed by atoms with E-state index in [1.165, 1.54) is 6.42 Å². The molecule has 1 aliphatic carbocycles. The summed E-state index contributed by atoms with van der Waals surface area (Å²) < 4.78 is 0. The van der Waals surface area contributed by atoms with Crippen LogP contribution < -0.4 is 22.1 Å². The summed E-state index contributed by atoms with van der Waals surface area (Å²) in [6.07, 6.45) is 4.29. The molecule has 1 aliphatic rings. The predicted molar refractivity (Wildman–Crippen MR) is 72.4 cm³/mol. The first kappa shape index (κ1) is 17.0. The molecule has 18 heavy (non-hydrogen) atoms. The van der Waals surface area contributed by atoms with Crippen molar-refractivity contribution in [1.82, 2.24) is 10.6 Å². The molecule has 1 saturated carbocycles. The van der Waals surface area contributed by atoms with E-state index in [1.54, 1.807) is 6.92 Å². The van der Waals surface area contributed by atoms with Gasteiger partial charge in [-0.3, -0.25) is 4.79 Å². The molecule has 0 radical (unpaired) electrons. The van der Waals surface area contributed by atoms with E-state index in [-0.39, 0.29) is 24.4 Å². The Morgan fingerprint density at radius 1 is 1.33 bits per heavy atom. The van der Waals surface area contributed by atoms with Crippen LogP contribution in [0.2, 0.25) is 0 Å². The van der Waals surface area contributed by atoms with E-state index in [9.17, 15) is 9.59 Å². The lowest BCUT2D eigenvalue weighted by Gasteiger charge is -2.32. The van der Waals surface area contributed by atoms with Crippen LogP contribution in [0.1, 0.15) is 32.6 Å². The van der Waals surface area contributed by atoms with Gasteiger partial charge in [-0.2, -0.15) is 0 Å². The van der Waals surface area contributed by atoms with Crippen molar-refractivity contribution in [2.24, 2.45) is 17.4 Å². The van der Waals surface area contributed by atoms with Gasteiger partial charge in [0, 0.05) is 6.04 Å². The van der Waals surface area contributed by atoms with E-state index < -0.39 is 12.1 Å². The van der Waals surface area contributed by atoms with Gasteiger partial charge < -0.3 is 22.1 Å². The Hall–Kier alpha value is -1.01. The molecular weight excluding hydrogens is 256 g/mol. The number of carbonyl (C=O) groups excluding carboxylic acids is 2. The van der Waals surface area contributed by atoms with Crippen molar-refractivity contribution < 1.29 is 9.59 Å². The number of urea groups is 1. The highest BCUT2D eigenvalue weighted by molar-refractivity contribution is 5.86. The highest BCUT2D eigenvalue weighted by Crippen LogP contribution is 2.23. The highest BCUT2D eigenvalue weighted by Gasteiger charge is 2.26. The fourth-order valence-corrected chi connectivity index (χ4v) is 2.27. The van der Waals surface area contributed by atoms with Crippen LogP contribution in [-0.2, 0) is 4.79 Å². The lowest BCUT2D eigenvalue weighted by molar-refractivity contribution is -0.123. The normalized spacial score (nSPS) is 24.6. The summed E-state index contributed by atoms with van der Waals surface area (Å²) in [6, 6.07) is -1.17. The summed E-state index contributed by atoms with van der Waals surface area (Å²) in [5, 5.41) is 5.30. The van der Waals surface area contributed by atoms with Gasteiger partial charge in [-0.15, -0.1) is 12.4 Å². The average Bonchev–Trinajstić information content (AvgIpc) is 2.28. The molecule has 0 saturated heterocycles. The Kier molecular flexibility index (Phi) is 7.70. The number of carbonyl (C=O) groups is 2. The monoisotopic (exact) mass is 278 g/mol. The summed E-state index contributed by atoms with van der Waals surface area (Å²) in [7, 11) is 0. The molecule has 1 fully saturated rings. The van der Waals surface area contributed by atoms with Crippen molar-refractivity contribution in [3.8, 4) is 0 Å².